The van der Waals surface area contributed by atoms with Crippen LogP contribution >= 0.6 is 24.8 Å². The third-order valence-electron chi connectivity index (χ3n) is 11.6. The molecule has 2 saturated carbocycles. The first-order chi connectivity index (χ1) is 21.6. The summed E-state index contributed by atoms with van der Waals surface area (Å²) in [5, 5.41) is 6.92. The minimum absolute atomic E-state index is 0. The van der Waals surface area contributed by atoms with Gasteiger partial charge in [-0.1, -0.05) is 76.6 Å². The lowest BCUT2D eigenvalue weighted by Gasteiger charge is -2.30. The summed E-state index contributed by atoms with van der Waals surface area (Å²) < 4.78 is 0. The third-order valence-corrected chi connectivity index (χ3v) is 11.6. The van der Waals surface area contributed by atoms with E-state index in [-0.39, 0.29) is 36.9 Å². The quantitative estimate of drug-likeness (QED) is 0.352. The summed E-state index contributed by atoms with van der Waals surface area (Å²) in [7, 11) is 0. The Bertz CT molecular complexity index is 1300. The van der Waals surface area contributed by atoms with Gasteiger partial charge in [0.25, 0.3) is 11.8 Å². The van der Waals surface area contributed by atoms with Gasteiger partial charge in [-0.3, -0.25) is 9.59 Å². The number of benzene rings is 2. The summed E-state index contributed by atoms with van der Waals surface area (Å²) in [6.45, 7) is 9.82. The molecule has 0 bridgehead atoms. The van der Waals surface area contributed by atoms with Crippen LogP contribution in [-0.4, -0.2) is 60.9 Å². The Morgan fingerprint density at radius 2 is 0.957 bits per heavy atom. The molecule has 8 heteroatoms. The first-order valence-corrected chi connectivity index (χ1v) is 18.0. The van der Waals surface area contributed by atoms with Crippen LogP contribution in [0.2, 0.25) is 0 Å². The van der Waals surface area contributed by atoms with Crippen LogP contribution in [0.5, 0.6) is 0 Å². The largest absolute Gasteiger partial charge is 0.329 e. The predicted molar refractivity (Wildman–Crippen MR) is 191 cm³/mol. The van der Waals surface area contributed by atoms with Crippen LogP contribution in [-0.2, 0) is 12.8 Å². The molecule has 6 aliphatic rings. The number of halogens is 2. The van der Waals surface area contributed by atoms with Gasteiger partial charge in [-0.05, 0) is 83.7 Å². The van der Waals surface area contributed by atoms with E-state index in [0.29, 0.717) is 23.7 Å². The lowest BCUT2D eigenvalue weighted by atomic mass is 9.80. The van der Waals surface area contributed by atoms with Gasteiger partial charge in [-0.25, -0.2) is 0 Å². The second kappa shape index (κ2) is 15.4. The van der Waals surface area contributed by atoms with Crippen molar-refractivity contribution in [2.75, 3.05) is 39.3 Å². The maximum absolute atomic E-state index is 13.0. The molecule has 2 atom stereocenters. The fraction of sp³-hybridized carbons (Fsp3) is 0.632. The Balaban J connectivity index is 0.000000174. The van der Waals surface area contributed by atoms with Gasteiger partial charge in [-0.15, -0.1) is 24.8 Å². The van der Waals surface area contributed by atoms with Crippen LogP contribution < -0.4 is 10.6 Å². The molecule has 252 valence electrons. The van der Waals surface area contributed by atoms with Crippen molar-refractivity contribution in [1.82, 2.24) is 20.4 Å². The maximum Gasteiger partial charge on any atom is 0.255 e. The molecule has 2 aromatic rings. The fourth-order valence-electron chi connectivity index (χ4n) is 9.14. The van der Waals surface area contributed by atoms with Crippen molar-refractivity contribution in [3.8, 4) is 0 Å². The lowest BCUT2D eigenvalue weighted by Crippen LogP contribution is -2.44. The van der Waals surface area contributed by atoms with Crippen molar-refractivity contribution >= 4 is 36.6 Å². The normalized spacial score (nSPS) is 24.1. The van der Waals surface area contributed by atoms with Crippen molar-refractivity contribution < 1.29 is 9.59 Å². The topological polar surface area (TPSA) is 64.7 Å². The number of carbonyl (C=O) groups excluding carboxylic acids is 2. The van der Waals surface area contributed by atoms with Gasteiger partial charge >= 0.3 is 0 Å². The zero-order valence-corrected chi connectivity index (χ0v) is 29.5. The number of hydrogen-bond donors (Lipinski definition) is 2. The van der Waals surface area contributed by atoms with Crippen LogP contribution in [0.4, 0.5) is 0 Å². The smallest absolute Gasteiger partial charge is 0.255 e. The monoisotopic (exact) mass is 668 g/mol. The number of amides is 2. The maximum atomic E-state index is 13.0. The summed E-state index contributed by atoms with van der Waals surface area (Å²) in [6, 6.07) is 9.83. The van der Waals surface area contributed by atoms with Gasteiger partial charge in [0, 0.05) is 50.4 Å². The Labute approximate surface area is 288 Å². The molecule has 2 amide bonds. The van der Waals surface area contributed by atoms with Gasteiger partial charge in [0.1, 0.15) is 0 Å². The minimum Gasteiger partial charge on any atom is -0.329 e. The van der Waals surface area contributed by atoms with Crippen molar-refractivity contribution in [2.24, 2.45) is 0 Å². The molecule has 2 aliphatic carbocycles. The van der Waals surface area contributed by atoms with Crippen LogP contribution in [0.25, 0.3) is 0 Å². The molecule has 6 nitrogen and oxygen atoms in total. The second-order valence-electron chi connectivity index (χ2n) is 14.1. The Morgan fingerprint density at radius 3 is 1.33 bits per heavy atom. The number of fused-ring (bicyclic) bond motifs is 6. The summed E-state index contributed by atoms with van der Waals surface area (Å²) in [5.41, 5.74) is 10.3. The lowest BCUT2D eigenvalue weighted by molar-refractivity contribution is 0.0682. The Hall–Kier alpha value is -2.12. The molecule has 8 rings (SSSR count). The summed E-state index contributed by atoms with van der Waals surface area (Å²) in [4.78, 5) is 30.2. The highest BCUT2D eigenvalue weighted by molar-refractivity contribution is 6.02. The second-order valence-corrected chi connectivity index (χ2v) is 14.1. The van der Waals surface area contributed by atoms with E-state index < -0.39 is 0 Å². The van der Waals surface area contributed by atoms with Gasteiger partial charge in [0.15, 0.2) is 0 Å². The molecule has 4 heterocycles. The third kappa shape index (κ3) is 6.49. The minimum atomic E-state index is 0. The molecule has 4 aliphatic heterocycles. The molecule has 2 saturated heterocycles. The molecule has 0 unspecified atom stereocenters. The van der Waals surface area contributed by atoms with E-state index in [0.717, 1.165) is 63.2 Å². The molecule has 4 fully saturated rings. The molecular weight excluding hydrogens is 615 g/mol. The average molecular weight is 670 g/mol. The van der Waals surface area contributed by atoms with Crippen LogP contribution in [0.1, 0.15) is 156 Å². The van der Waals surface area contributed by atoms with E-state index in [9.17, 15) is 9.59 Å². The molecule has 0 radical (unpaired) electrons. The van der Waals surface area contributed by atoms with Gasteiger partial charge in [-0.2, -0.15) is 0 Å². The molecular formula is C38H54Cl2N4O2. The number of aryl methyl sites for hydroxylation is 2. The standard InChI is InChI=1S/2C19H26N2O.2ClH/c2*1-2-13-10-15(14-6-4-3-5-7-14)18-16(11-13)17-12-20-8-9-21(17)19(18)22;;/h2*10-11,14,17,20H,2-9,12H2,1H3;2*1H/t2*17-;;/m10../s1. The van der Waals surface area contributed by atoms with E-state index in [4.69, 9.17) is 0 Å². The predicted octanol–water partition coefficient (Wildman–Crippen LogP) is 7.64. The summed E-state index contributed by atoms with van der Waals surface area (Å²) in [5.74, 6) is 1.80. The van der Waals surface area contributed by atoms with E-state index in [1.807, 2.05) is 0 Å². The van der Waals surface area contributed by atoms with Crippen LogP contribution in [0, 0.1) is 0 Å². The van der Waals surface area contributed by atoms with Gasteiger partial charge < -0.3 is 20.4 Å². The number of nitrogens with zero attached hydrogens (tertiary/aromatic N) is 2. The number of nitrogens with one attached hydrogen (secondary N) is 2. The molecule has 2 N–H and O–H groups in total. The molecule has 46 heavy (non-hydrogen) atoms. The van der Waals surface area contributed by atoms with Gasteiger partial charge in [0.05, 0.1) is 12.1 Å². The summed E-state index contributed by atoms with van der Waals surface area (Å²) >= 11 is 0. The van der Waals surface area contributed by atoms with Crippen molar-refractivity contribution in [1.29, 1.82) is 0 Å². The molecule has 0 spiro atoms. The highest BCUT2D eigenvalue weighted by Crippen LogP contribution is 2.44. The summed E-state index contributed by atoms with van der Waals surface area (Å²) in [6.07, 6.45) is 15.1. The van der Waals surface area contributed by atoms with Crippen molar-refractivity contribution in [2.45, 2.75) is 115 Å². The van der Waals surface area contributed by atoms with Crippen LogP contribution in [0.3, 0.4) is 0 Å². The van der Waals surface area contributed by atoms with Crippen molar-refractivity contribution in [3.63, 3.8) is 0 Å². The van der Waals surface area contributed by atoms with E-state index in [2.05, 4.69) is 58.5 Å². The SMILES string of the molecule is CCc1cc(C2CCCCC2)c2c(c1)[C@@H]1CNCCN1C2=O.CCc1cc(C2CCCCC2)c2c(c1)[C@H]1CNCCN1C2=O.Cl.Cl. The van der Waals surface area contributed by atoms with E-state index in [1.54, 1.807) is 0 Å². The average Bonchev–Trinajstić information content (AvgIpc) is 3.55. The number of piperazine rings is 2. The number of rotatable bonds is 4. The number of carbonyl (C=O) groups is 2. The highest BCUT2D eigenvalue weighted by atomic mass is 35.5. The molecule has 2 aromatic carbocycles. The first kappa shape index (κ1) is 35.2. The first-order valence-electron chi connectivity index (χ1n) is 18.0. The fourth-order valence-corrected chi connectivity index (χ4v) is 9.14. The molecule has 0 aromatic heterocycles. The van der Waals surface area contributed by atoms with Crippen molar-refractivity contribution in [3.05, 3.63) is 68.8 Å². The van der Waals surface area contributed by atoms with Crippen LogP contribution in [0.15, 0.2) is 24.3 Å². The van der Waals surface area contributed by atoms with Gasteiger partial charge in [0.2, 0.25) is 0 Å². The zero-order chi connectivity index (χ0) is 30.2. The van der Waals surface area contributed by atoms with E-state index in [1.165, 1.54) is 97.6 Å². The van der Waals surface area contributed by atoms with E-state index >= 15 is 0 Å². The highest BCUT2D eigenvalue weighted by Gasteiger charge is 2.42. The number of hydrogen-bond acceptors (Lipinski definition) is 4. The Morgan fingerprint density at radius 1 is 0.587 bits per heavy atom. The Kier molecular flexibility index (Phi) is 11.8. The zero-order valence-electron chi connectivity index (χ0n) is 27.9.